The fourth-order valence-electron chi connectivity index (χ4n) is 2.63. The monoisotopic (exact) mass is 324 g/mol. The molecule has 6 heteroatoms. The Balaban J connectivity index is 2.31. The van der Waals surface area contributed by atoms with Crippen molar-refractivity contribution in [1.82, 2.24) is 10.0 Å². The molecule has 0 atom stereocenters. The number of carbonyl (C=O) groups is 1. The van der Waals surface area contributed by atoms with Crippen LogP contribution < -0.4 is 15.8 Å². The highest BCUT2D eigenvalue weighted by molar-refractivity contribution is 5.98. The fourth-order valence-corrected chi connectivity index (χ4v) is 2.63. The third-order valence-corrected chi connectivity index (χ3v) is 3.71. The molecule has 6 nitrogen and oxygen atoms in total. The van der Waals surface area contributed by atoms with E-state index in [0.29, 0.717) is 16.8 Å². The van der Waals surface area contributed by atoms with Gasteiger partial charge in [0.2, 0.25) is 0 Å². The molecular weight excluding hydrogens is 308 g/mol. The Hall–Kier alpha value is -3.12. The fraction of sp³-hybridized carbons (Fsp3) is 0.111. The highest BCUT2D eigenvalue weighted by Crippen LogP contribution is 2.26. The highest BCUT2D eigenvalue weighted by atomic mass is 16.6. The number of hydrogen-bond donors (Lipinski definition) is 1. The first-order valence-electron chi connectivity index (χ1n) is 7.28. The quantitative estimate of drug-likeness (QED) is 0.748. The summed E-state index contributed by atoms with van der Waals surface area (Å²) in [6, 6.07) is 14.1. The Morgan fingerprint density at radius 1 is 1.04 bits per heavy atom. The van der Waals surface area contributed by atoms with Crippen LogP contribution in [-0.2, 0) is 4.84 Å². The summed E-state index contributed by atoms with van der Waals surface area (Å²) >= 11 is 0. The van der Waals surface area contributed by atoms with Gasteiger partial charge in [-0.2, -0.15) is 0 Å². The van der Waals surface area contributed by atoms with Crippen LogP contribution in [0.1, 0.15) is 10.4 Å². The van der Waals surface area contributed by atoms with Gasteiger partial charge in [-0.15, -0.1) is 0 Å². The number of methoxy groups -OCH3 is 1. The number of amides is 1. The summed E-state index contributed by atoms with van der Waals surface area (Å²) in [5.74, 6) is -0.0532. The first kappa shape index (κ1) is 15.8. The van der Waals surface area contributed by atoms with E-state index in [2.05, 4.69) is 5.48 Å². The van der Waals surface area contributed by atoms with Gasteiger partial charge in [0.05, 0.1) is 19.8 Å². The molecule has 0 fully saturated rings. The van der Waals surface area contributed by atoms with E-state index in [0.717, 1.165) is 5.39 Å². The lowest BCUT2D eigenvalue weighted by atomic mass is 10.1. The van der Waals surface area contributed by atoms with Gasteiger partial charge in [-0.3, -0.25) is 19.0 Å². The second-order valence-electron chi connectivity index (χ2n) is 5.07. The standard InChI is InChI=1S/C18H16N2O4/c1-23-15-9-5-8-14(17(21)19-24-2)16(15)20-11-10-12-6-3-4-7-13(12)18(20)22/h3-11H,1-2H3,(H,19,21). The number of hydroxylamine groups is 1. The number of benzene rings is 2. The predicted molar refractivity (Wildman–Crippen MR) is 90.6 cm³/mol. The molecule has 1 amide bonds. The van der Waals surface area contributed by atoms with E-state index in [1.165, 1.54) is 18.8 Å². The van der Waals surface area contributed by atoms with Gasteiger partial charge in [-0.25, -0.2) is 5.48 Å². The summed E-state index contributed by atoms with van der Waals surface area (Å²) in [6.45, 7) is 0. The average molecular weight is 324 g/mol. The van der Waals surface area contributed by atoms with Crippen molar-refractivity contribution in [2.24, 2.45) is 0 Å². The van der Waals surface area contributed by atoms with Gasteiger partial charge in [0.25, 0.3) is 11.5 Å². The molecule has 0 aliphatic rings. The van der Waals surface area contributed by atoms with Crippen molar-refractivity contribution in [3.63, 3.8) is 0 Å². The van der Waals surface area contributed by atoms with Crippen LogP contribution in [0.25, 0.3) is 16.5 Å². The Kier molecular flexibility index (Phi) is 4.31. The first-order valence-corrected chi connectivity index (χ1v) is 7.28. The number of fused-ring (bicyclic) bond motifs is 1. The summed E-state index contributed by atoms with van der Waals surface area (Å²) < 4.78 is 6.76. The molecule has 3 rings (SSSR count). The van der Waals surface area contributed by atoms with Crippen LogP contribution in [0.15, 0.2) is 59.5 Å². The second kappa shape index (κ2) is 6.55. The van der Waals surface area contributed by atoms with E-state index in [-0.39, 0.29) is 11.1 Å². The van der Waals surface area contributed by atoms with Crippen LogP contribution >= 0.6 is 0 Å². The van der Waals surface area contributed by atoms with Crippen LogP contribution in [0.5, 0.6) is 5.75 Å². The van der Waals surface area contributed by atoms with Gasteiger partial charge < -0.3 is 4.74 Å². The summed E-state index contributed by atoms with van der Waals surface area (Å²) in [4.78, 5) is 29.8. The number of hydrogen-bond acceptors (Lipinski definition) is 4. The van der Waals surface area contributed by atoms with Crippen molar-refractivity contribution < 1.29 is 14.4 Å². The van der Waals surface area contributed by atoms with Crippen molar-refractivity contribution in [1.29, 1.82) is 0 Å². The van der Waals surface area contributed by atoms with E-state index >= 15 is 0 Å². The van der Waals surface area contributed by atoms with Crippen LogP contribution in [0.3, 0.4) is 0 Å². The molecule has 2 aromatic carbocycles. The molecule has 1 heterocycles. The molecule has 3 aromatic rings. The maximum atomic E-state index is 12.9. The topological polar surface area (TPSA) is 69.6 Å². The number of rotatable bonds is 4. The summed E-state index contributed by atoms with van der Waals surface area (Å²) in [5.41, 5.74) is 2.68. The average Bonchev–Trinajstić information content (AvgIpc) is 2.62. The van der Waals surface area contributed by atoms with E-state index in [4.69, 9.17) is 9.57 Å². The highest BCUT2D eigenvalue weighted by Gasteiger charge is 2.18. The van der Waals surface area contributed by atoms with E-state index < -0.39 is 5.91 Å². The number of para-hydroxylation sites is 1. The van der Waals surface area contributed by atoms with Crippen molar-refractivity contribution in [2.45, 2.75) is 0 Å². The van der Waals surface area contributed by atoms with Gasteiger partial charge >= 0.3 is 0 Å². The Labute approximate surface area is 138 Å². The number of aromatic nitrogens is 1. The maximum absolute atomic E-state index is 12.9. The van der Waals surface area contributed by atoms with Crippen LogP contribution in [0, 0.1) is 0 Å². The third kappa shape index (κ3) is 2.63. The van der Waals surface area contributed by atoms with Crippen molar-refractivity contribution in [3.05, 3.63) is 70.6 Å². The first-order chi connectivity index (χ1) is 11.7. The molecule has 122 valence electrons. The summed E-state index contributed by atoms with van der Waals surface area (Å²) in [5, 5.41) is 1.39. The number of nitrogens with zero attached hydrogens (tertiary/aromatic N) is 1. The van der Waals surface area contributed by atoms with E-state index in [1.54, 1.807) is 36.5 Å². The molecule has 0 aliphatic heterocycles. The predicted octanol–water partition coefficient (Wildman–Crippen LogP) is 2.29. The molecule has 1 N–H and O–H groups in total. The van der Waals surface area contributed by atoms with Crippen LogP contribution in [0.2, 0.25) is 0 Å². The molecule has 1 aromatic heterocycles. The summed E-state index contributed by atoms with van der Waals surface area (Å²) in [7, 11) is 2.84. The van der Waals surface area contributed by atoms with Crippen molar-refractivity contribution in [3.8, 4) is 11.4 Å². The van der Waals surface area contributed by atoms with Crippen LogP contribution in [-0.4, -0.2) is 24.7 Å². The molecule has 0 unspecified atom stereocenters. The lowest BCUT2D eigenvalue weighted by Gasteiger charge is -2.15. The number of carbonyl (C=O) groups excluding carboxylic acids is 1. The SMILES string of the molecule is CONC(=O)c1cccc(OC)c1-n1ccc2ccccc2c1=O. The normalized spacial score (nSPS) is 10.6. The smallest absolute Gasteiger partial charge is 0.277 e. The molecule has 0 bridgehead atoms. The van der Waals surface area contributed by atoms with Crippen molar-refractivity contribution >= 4 is 16.7 Å². The van der Waals surface area contributed by atoms with Gasteiger partial charge in [-0.05, 0) is 29.7 Å². The number of ether oxygens (including phenoxy) is 1. The number of nitrogens with one attached hydrogen (secondary N) is 1. The Bertz CT molecular complexity index is 963. The molecule has 0 saturated carbocycles. The van der Waals surface area contributed by atoms with Crippen LogP contribution in [0.4, 0.5) is 0 Å². The van der Waals surface area contributed by atoms with Gasteiger partial charge in [0.15, 0.2) is 0 Å². The molecular formula is C18H16N2O4. The van der Waals surface area contributed by atoms with E-state index in [9.17, 15) is 9.59 Å². The molecule has 24 heavy (non-hydrogen) atoms. The molecule has 0 spiro atoms. The summed E-state index contributed by atoms with van der Waals surface area (Å²) in [6.07, 6.45) is 1.63. The largest absolute Gasteiger partial charge is 0.495 e. The minimum atomic E-state index is -0.466. The maximum Gasteiger partial charge on any atom is 0.277 e. The second-order valence-corrected chi connectivity index (χ2v) is 5.07. The minimum absolute atomic E-state index is 0.232. The third-order valence-electron chi connectivity index (χ3n) is 3.71. The molecule has 0 radical (unpaired) electrons. The Morgan fingerprint density at radius 2 is 1.83 bits per heavy atom. The molecule has 0 aliphatic carbocycles. The lowest BCUT2D eigenvalue weighted by molar-refractivity contribution is 0.0537. The van der Waals surface area contributed by atoms with Crippen molar-refractivity contribution in [2.75, 3.05) is 14.2 Å². The zero-order chi connectivity index (χ0) is 17.1. The zero-order valence-corrected chi connectivity index (χ0v) is 13.3. The lowest BCUT2D eigenvalue weighted by Crippen LogP contribution is -2.26. The zero-order valence-electron chi connectivity index (χ0n) is 13.3. The molecule has 0 saturated heterocycles. The number of pyridine rings is 1. The van der Waals surface area contributed by atoms with E-state index in [1.807, 2.05) is 18.2 Å². The van der Waals surface area contributed by atoms with Gasteiger partial charge in [-0.1, -0.05) is 24.3 Å². The Morgan fingerprint density at radius 3 is 2.58 bits per heavy atom. The van der Waals surface area contributed by atoms with Gasteiger partial charge in [0.1, 0.15) is 11.4 Å². The van der Waals surface area contributed by atoms with Gasteiger partial charge in [0, 0.05) is 11.6 Å². The minimum Gasteiger partial charge on any atom is -0.495 e.